The van der Waals surface area contributed by atoms with Crippen molar-refractivity contribution in [2.24, 2.45) is 0 Å². The highest BCUT2D eigenvalue weighted by atomic mass is 35.5. The van der Waals surface area contributed by atoms with E-state index in [9.17, 15) is 4.39 Å². The second-order valence-corrected chi connectivity index (χ2v) is 7.83. The van der Waals surface area contributed by atoms with E-state index >= 15 is 0 Å². The zero-order valence-electron chi connectivity index (χ0n) is 16.8. The quantitative estimate of drug-likeness (QED) is 0.313. The van der Waals surface area contributed by atoms with Gasteiger partial charge in [0.2, 0.25) is 0 Å². The topological polar surface area (TPSA) is 30.5 Å². The molecule has 0 aromatic heterocycles. The first kappa shape index (κ1) is 21.3. The van der Waals surface area contributed by atoms with Crippen molar-refractivity contribution in [3.05, 3.63) is 99.8 Å². The molecular formula is C25H20Cl2FNO2. The lowest BCUT2D eigenvalue weighted by Gasteiger charge is -2.16. The van der Waals surface area contributed by atoms with Crippen molar-refractivity contribution in [3.63, 3.8) is 0 Å². The van der Waals surface area contributed by atoms with Crippen molar-refractivity contribution in [1.29, 1.82) is 0 Å². The maximum absolute atomic E-state index is 13.3. The number of rotatable bonds is 7. The summed E-state index contributed by atoms with van der Waals surface area (Å²) in [5.74, 6) is 0.581. The first-order valence-electron chi connectivity index (χ1n) is 9.70. The Morgan fingerprint density at radius 1 is 0.903 bits per heavy atom. The van der Waals surface area contributed by atoms with Crippen molar-refractivity contribution in [3.8, 4) is 11.5 Å². The Hall–Kier alpha value is -2.95. The second-order valence-electron chi connectivity index (χ2n) is 7.02. The fraction of sp³-hybridized carbons (Fsp3) is 0.120. The van der Waals surface area contributed by atoms with E-state index in [4.69, 9.17) is 32.7 Å². The van der Waals surface area contributed by atoms with Gasteiger partial charge in [-0.15, -0.1) is 0 Å². The molecule has 0 radical (unpaired) electrons. The van der Waals surface area contributed by atoms with Crippen LogP contribution < -0.4 is 14.8 Å². The van der Waals surface area contributed by atoms with Gasteiger partial charge < -0.3 is 14.8 Å². The minimum Gasteiger partial charge on any atom is -0.493 e. The lowest BCUT2D eigenvalue weighted by atomic mass is 10.1. The molecular weight excluding hydrogens is 436 g/mol. The highest BCUT2D eigenvalue weighted by Crippen LogP contribution is 2.37. The van der Waals surface area contributed by atoms with Gasteiger partial charge in [0.25, 0.3) is 0 Å². The van der Waals surface area contributed by atoms with Gasteiger partial charge in [-0.3, -0.25) is 0 Å². The number of anilines is 1. The normalized spacial score (nSPS) is 10.8. The van der Waals surface area contributed by atoms with Gasteiger partial charge in [-0.2, -0.15) is 0 Å². The molecule has 0 spiro atoms. The Balaban J connectivity index is 1.51. The van der Waals surface area contributed by atoms with Crippen LogP contribution in [0.1, 0.15) is 11.1 Å². The van der Waals surface area contributed by atoms with Crippen molar-refractivity contribution in [1.82, 2.24) is 0 Å². The molecule has 0 aliphatic rings. The van der Waals surface area contributed by atoms with Gasteiger partial charge in [-0.05, 0) is 52.2 Å². The molecule has 0 fully saturated rings. The fourth-order valence-electron chi connectivity index (χ4n) is 3.39. The van der Waals surface area contributed by atoms with Crippen LogP contribution in [0.5, 0.6) is 11.5 Å². The maximum Gasteiger partial charge on any atom is 0.180 e. The average Bonchev–Trinajstić information content (AvgIpc) is 2.78. The first-order valence-corrected chi connectivity index (χ1v) is 10.5. The predicted molar refractivity (Wildman–Crippen MR) is 125 cm³/mol. The summed E-state index contributed by atoms with van der Waals surface area (Å²) in [6.07, 6.45) is 0. The Kier molecular flexibility index (Phi) is 6.50. The molecule has 6 heteroatoms. The lowest BCUT2D eigenvalue weighted by Crippen LogP contribution is -2.03. The van der Waals surface area contributed by atoms with Crippen LogP contribution in [0.4, 0.5) is 10.1 Å². The summed E-state index contributed by atoms with van der Waals surface area (Å²) in [5, 5.41) is 6.01. The Labute approximate surface area is 190 Å². The number of nitrogens with one attached hydrogen (secondary N) is 1. The molecule has 4 aromatic rings. The minimum atomic E-state index is -0.454. The Morgan fingerprint density at radius 2 is 1.71 bits per heavy atom. The van der Waals surface area contributed by atoms with Crippen LogP contribution in [-0.2, 0) is 13.2 Å². The first-order chi connectivity index (χ1) is 15.0. The molecule has 4 rings (SSSR count). The van der Waals surface area contributed by atoms with Crippen LogP contribution in [0.2, 0.25) is 10.0 Å². The summed E-state index contributed by atoms with van der Waals surface area (Å²) in [6, 6.07) is 22.5. The van der Waals surface area contributed by atoms with Gasteiger partial charge in [0.15, 0.2) is 11.5 Å². The number of benzene rings is 4. The molecule has 0 bridgehead atoms. The summed E-state index contributed by atoms with van der Waals surface area (Å²) in [4.78, 5) is 0. The van der Waals surface area contributed by atoms with Crippen LogP contribution in [0.15, 0.2) is 72.8 Å². The summed E-state index contributed by atoms with van der Waals surface area (Å²) in [5.41, 5.74) is 2.66. The summed E-state index contributed by atoms with van der Waals surface area (Å²) in [7, 11) is 1.58. The van der Waals surface area contributed by atoms with Gasteiger partial charge in [-0.25, -0.2) is 4.39 Å². The van der Waals surface area contributed by atoms with Gasteiger partial charge >= 0.3 is 0 Å². The highest BCUT2D eigenvalue weighted by molar-refractivity contribution is 6.32. The molecule has 31 heavy (non-hydrogen) atoms. The van der Waals surface area contributed by atoms with E-state index in [1.807, 2.05) is 36.4 Å². The number of methoxy groups -OCH3 is 1. The smallest absolute Gasteiger partial charge is 0.180 e. The lowest BCUT2D eigenvalue weighted by molar-refractivity contribution is 0.285. The SMILES string of the molecule is COc1cc(CNc2ccc(F)c(Cl)c2)cc(Cl)c1OCc1cccc2ccccc12. The second kappa shape index (κ2) is 9.46. The molecule has 0 aliphatic carbocycles. The Bertz CT molecular complexity index is 1220. The molecule has 0 atom stereocenters. The van der Waals surface area contributed by atoms with Crippen LogP contribution in [0.3, 0.4) is 0 Å². The standard InChI is InChI=1S/C25H20Cl2FNO2/c1-30-24-12-16(14-29-19-9-10-23(28)21(26)13-19)11-22(27)25(24)31-15-18-7-4-6-17-5-2-3-8-20(17)18/h2-13,29H,14-15H2,1H3. The van der Waals surface area contributed by atoms with Crippen LogP contribution in [0.25, 0.3) is 10.8 Å². The van der Waals surface area contributed by atoms with E-state index in [1.165, 1.54) is 12.1 Å². The fourth-order valence-corrected chi connectivity index (χ4v) is 3.86. The Morgan fingerprint density at radius 3 is 2.52 bits per heavy atom. The third-order valence-corrected chi connectivity index (χ3v) is 5.53. The van der Waals surface area contributed by atoms with Gasteiger partial charge in [0.1, 0.15) is 12.4 Å². The van der Waals surface area contributed by atoms with E-state index in [1.54, 1.807) is 13.2 Å². The monoisotopic (exact) mass is 455 g/mol. The summed E-state index contributed by atoms with van der Waals surface area (Å²) >= 11 is 12.4. The van der Waals surface area contributed by atoms with Crippen LogP contribution in [0, 0.1) is 5.82 Å². The van der Waals surface area contributed by atoms with Crippen LogP contribution in [-0.4, -0.2) is 7.11 Å². The molecule has 4 aromatic carbocycles. The molecule has 3 nitrogen and oxygen atoms in total. The van der Waals surface area contributed by atoms with Crippen molar-refractivity contribution < 1.29 is 13.9 Å². The molecule has 0 aliphatic heterocycles. The van der Waals surface area contributed by atoms with Gasteiger partial charge in [0, 0.05) is 12.2 Å². The molecule has 0 saturated heterocycles. The molecule has 1 N–H and O–H groups in total. The maximum atomic E-state index is 13.3. The van der Waals surface area contributed by atoms with E-state index in [0.717, 1.165) is 21.9 Å². The van der Waals surface area contributed by atoms with Gasteiger partial charge in [0.05, 0.1) is 17.2 Å². The predicted octanol–water partition coefficient (Wildman–Crippen LogP) is 7.49. The average molecular weight is 456 g/mol. The van der Waals surface area contributed by atoms with Crippen molar-refractivity contribution in [2.75, 3.05) is 12.4 Å². The number of halogens is 3. The molecule has 0 heterocycles. The summed E-state index contributed by atoms with van der Waals surface area (Å²) < 4.78 is 24.9. The molecule has 0 saturated carbocycles. The van der Waals surface area contributed by atoms with E-state index in [-0.39, 0.29) is 5.02 Å². The number of fused-ring (bicyclic) bond motifs is 1. The molecule has 0 amide bonds. The number of hydrogen-bond acceptors (Lipinski definition) is 3. The largest absolute Gasteiger partial charge is 0.493 e. The van der Waals surface area contributed by atoms with Crippen molar-refractivity contribution >= 4 is 39.7 Å². The van der Waals surface area contributed by atoms with Crippen LogP contribution >= 0.6 is 23.2 Å². The summed E-state index contributed by atoms with van der Waals surface area (Å²) in [6.45, 7) is 0.824. The number of ether oxygens (including phenoxy) is 2. The van der Waals surface area contributed by atoms with Gasteiger partial charge in [-0.1, -0.05) is 65.7 Å². The number of hydrogen-bond donors (Lipinski definition) is 1. The zero-order valence-corrected chi connectivity index (χ0v) is 18.3. The molecule has 158 valence electrons. The van der Waals surface area contributed by atoms with Crippen molar-refractivity contribution in [2.45, 2.75) is 13.2 Å². The third-order valence-electron chi connectivity index (χ3n) is 4.96. The highest BCUT2D eigenvalue weighted by Gasteiger charge is 2.13. The molecule has 0 unspecified atom stereocenters. The zero-order chi connectivity index (χ0) is 21.8. The minimum absolute atomic E-state index is 0.0674. The van der Waals surface area contributed by atoms with E-state index in [0.29, 0.717) is 35.4 Å². The van der Waals surface area contributed by atoms with E-state index < -0.39 is 5.82 Å². The third kappa shape index (κ3) is 4.87. The van der Waals surface area contributed by atoms with E-state index in [2.05, 4.69) is 23.5 Å².